The largest absolute Gasteiger partial charge is 0.380 e. The average Bonchev–Trinajstić information content (AvgIpc) is 3.05. The number of hydrogen-bond acceptors (Lipinski definition) is 3. The van der Waals surface area contributed by atoms with Gasteiger partial charge in [0.25, 0.3) is 0 Å². The lowest BCUT2D eigenvalue weighted by Crippen LogP contribution is -2.23. The van der Waals surface area contributed by atoms with Gasteiger partial charge in [0.15, 0.2) is 0 Å². The van der Waals surface area contributed by atoms with Crippen molar-refractivity contribution < 1.29 is 9.53 Å². The molecular weight excluding hydrogens is 192 g/mol. The van der Waals surface area contributed by atoms with E-state index in [4.69, 9.17) is 4.74 Å². The predicted octanol–water partition coefficient (Wildman–Crippen LogP) is 0.529. The summed E-state index contributed by atoms with van der Waals surface area (Å²) >= 11 is 0. The summed E-state index contributed by atoms with van der Waals surface area (Å²) < 4.78 is 5.46. The molecule has 15 heavy (non-hydrogen) atoms. The molecule has 1 aliphatic rings. The fourth-order valence-corrected chi connectivity index (χ4v) is 1.30. The highest BCUT2D eigenvalue weighted by Crippen LogP contribution is 2.28. The van der Waals surface area contributed by atoms with Crippen LogP contribution in [-0.4, -0.2) is 39.3 Å². The van der Waals surface area contributed by atoms with Crippen LogP contribution >= 0.6 is 0 Å². The zero-order valence-electron chi connectivity index (χ0n) is 9.55. The van der Waals surface area contributed by atoms with E-state index in [1.54, 1.807) is 7.05 Å². The molecule has 1 saturated carbocycles. The Kier molecular flexibility index (Phi) is 6.36. The first-order valence-corrected chi connectivity index (χ1v) is 5.82. The molecule has 1 fully saturated rings. The molecule has 0 radical (unpaired) electrons. The molecule has 0 aromatic heterocycles. The van der Waals surface area contributed by atoms with Gasteiger partial charge >= 0.3 is 0 Å². The van der Waals surface area contributed by atoms with Crippen LogP contribution < -0.4 is 10.6 Å². The summed E-state index contributed by atoms with van der Waals surface area (Å²) in [5, 5.41) is 5.86. The lowest BCUT2D eigenvalue weighted by Gasteiger charge is -2.05. The van der Waals surface area contributed by atoms with Crippen LogP contribution in [0.1, 0.15) is 25.7 Å². The first-order chi connectivity index (χ1) is 7.33. The number of amides is 1. The Labute approximate surface area is 91.8 Å². The second-order valence-electron chi connectivity index (χ2n) is 4.05. The molecule has 4 heteroatoms. The molecule has 1 amide bonds. The van der Waals surface area contributed by atoms with Gasteiger partial charge in [-0.2, -0.15) is 0 Å². The summed E-state index contributed by atoms with van der Waals surface area (Å²) in [5.74, 6) is 0.958. The van der Waals surface area contributed by atoms with Gasteiger partial charge in [0.05, 0.1) is 6.61 Å². The Morgan fingerprint density at radius 2 is 2.20 bits per heavy atom. The van der Waals surface area contributed by atoms with Gasteiger partial charge in [0, 0.05) is 26.6 Å². The van der Waals surface area contributed by atoms with Gasteiger partial charge in [0.2, 0.25) is 5.91 Å². The molecule has 0 aliphatic heterocycles. The van der Waals surface area contributed by atoms with Gasteiger partial charge in [0.1, 0.15) is 0 Å². The van der Waals surface area contributed by atoms with Crippen molar-refractivity contribution in [3.63, 3.8) is 0 Å². The van der Waals surface area contributed by atoms with Crippen molar-refractivity contribution in [2.75, 3.05) is 33.4 Å². The molecule has 1 rings (SSSR count). The number of carbonyl (C=O) groups excluding carboxylic acids is 1. The van der Waals surface area contributed by atoms with E-state index in [1.165, 1.54) is 12.8 Å². The summed E-state index contributed by atoms with van der Waals surface area (Å²) in [6.45, 7) is 3.50. The van der Waals surface area contributed by atoms with Gasteiger partial charge in [-0.1, -0.05) is 0 Å². The second-order valence-corrected chi connectivity index (χ2v) is 4.05. The minimum absolute atomic E-state index is 0.113. The fraction of sp³-hybridized carbons (Fsp3) is 0.909. The average molecular weight is 214 g/mol. The van der Waals surface area contributed by atoms with Crippen molar-refractivity contribution in [2.24, 2.45) is 5.92 Å². The third-order valence-electron chi connectivity index (χ3n) is 2.51. The molecule has 0 atom stereocenters. The van der Waals surface area contributed by atoms with E-state index in [9.17, 15) is 4.79 Å². The number of hydrogen-bond donors (Lipinski definition) is 2. The molecule has 0 aromatic rings. The molecule has 1 aliphatic carbocycles. The first kappa shape index (κ1) is 12.5. The molecule has 0 saturated heterocycles. The Morgan fingerprint density at radius 3 is 2.87 bits per heavy atom. The minimum Gasteiger partial charge on any atom is -0.380 e. The van der Waals surface area contributed by atoms with Crippen molar-refractivity contribution >= 4 is 5.91 Å². The van der Waals surface area contributed by atoms with Gasteiger partial charge in [-0.05, 0) is 31.7 Å². The van der Waals surface area contributed by atoms with Crippen LogP contribution in [0.25, 0.3) is 0 Å². The van der Waals surface area contributed by atoms with E-state index >= 15 is 0 Å². The molecule has 0 aromatic carbocycles. The Balaban J connectivity index is 1.70. The van der Waals surface area contributed by atoms with Crippen LogP contribution in [0, 0.1) is 5.92 Å². The SMILES string of the molecule is CNC(=O)CCCNCCOCC1CC1. The molecule has 0 spiro atoms. The van der Waals surface area contributed by atoms with Crippen molar-refractivity contribution in [3.05, 3.63) is 0 Å². The smallest absolute Gasteiger partial charge is 0.219 e. The summed E-state index contributed by atoms with van der Waals surface area (Å²) in [5.41, 5.74) is 0. The molecule has 4 nitrogen and oxygen atoms in total. The molecule has 88 valence electrons. The van der Waals surface area contributed by atoms with Crippen LogP contribution in [0.3, 0.4) is 0 Å². The van der Waals surface area contributed by atoms with Crippen LogP contribution in [0.15, 0.2) is 0 Å². The monoisotopic (exact) mass is 214 g/mol. The van der Waals surface area contributed by atoms with Crippen molar-refractivity contribution in [1.82, 2.24) is 10.6 Å². The third kappa shape index (κ3) is 7.33. The summed E-state index contributed by atoms with van der Waals surface area (Å²) in [6.07, 6.45) is 4.19. The maximum absolute atomic E-state index is 10.9. The Bertz CT molecular complexity index is 181. The maximum Gasteiger partial charge on any atom is 0.219 e. The lowest BCUT2D eigenvalue weighted by molar-refractivity contribution is -0.120. The molecule has 0 bridgehead atoms. The van der Waals surface area contributed by atoms with Crippen molar-refractivity contribution in [1.29, 1.82) is 0 Å². The molecular formula is C11H22N2O2. The summed E-state index contributed by atoms with van der Waals surface area (Å²) in [7, 11) is 1.67. The van der Waals surface area contributed by atoms with Crippen LogP contribution in [0.2, 0.25) is 0 Å². The van der Waals surface area contributed by atoms with Gasteiger partial charge in [-0.3, -0.25) is 4.79 Å². The standard InChI is InChI=1S/C11H22N2O2/c1-12-11(14)3-2-6-13-7-8-15-9-10-4-5-10/h10,13H,2-9H2,1H3,(H,12,14). The van der Waals surface area contributed by atoms with Crippen molar-refractivity contribution in [2.45, 2.75) is 25.7 Å². The number of ether oxygens (including phenoxy) is 1. The number of carbonyl (C=O) groups is 1. The molecule has 0 unspecified atom stereocenters. The van der Waals surface area contributed by atoms with E-state index in [0.717, 1.165) is 38.6 Å². The van der Waals surface area contributed by atoms with Crippen molar-refractivity contribution in [3.8, 4) is 0 Å². The number of rotatable bonds is 9. The summed E-state index contributed by atoms with van der Waals surface area (Å²) in [4.78, 5) is 10.9. The predicted molar refractivity (Wildman–Crippen MR) is 59.7 cm³/mol. The zero-order chi connectivity index (χ0) is 10.9. The normalized spacial score (nSPS) is 15.3. The van der Waals surface area contributed by atoms with Crippen LogP contribution in [-0.2, 0) is 9.53 Å². The van der Waals surface area contributed by atoms with E-state index in [0.29, 0.717) is 6.42 Å². The lowest BCUT2D eigenvalue weighted by atomic mass is 10.3. The number of nitrogens with one attached hydrogen (secondary N) is 2. The fourth-order valence-electron chi connectivity index (χ4n) is 1.30. The van der Waals surface area contributed by atoms with Crippen LogP contribution in [0.5, 0.6) is 0 Å². The molecule has 2 N–H and O–H groups in total. The highest BCUT2D eigenvalue weighted by Gasteiger charge is 2.20. The van der Waals surface area contributed by atoms with E-state index < -0.39 is 0 Å². The Hall–Kier alpha value is -0.610. The third-order valence-corrected chi connectivity index (χ3v) is 2.51. The highest BCUT2D eigenvalue weighted by atomic mass is 16.5. The quantitative estimate of drug-likeness (QED) is 0.550. The van der Waals surface area contributed by atoms with Gasteiger partial charge in [-0.15, -0.1) is 0 Å². The topological polar surface area (TPSA) is 50.4 Å². The van der Waals surface area contributed by atoms with E-state index in [1.807, 2.05) is 0 Å². The van der Waals surface area contributed by atoms with Crippen LogP contribution in [0.4, 0.5) is 0 Å². The zero-order valence-corrected chi connectivity index (χ0v) is 9.55. The molecule has 0 heterocycles. The van der Waals surface area contributed by atoms with E-state index in [-0.39, 0.29) is 5.91 Å². The summed E-state index contributed by atoms with van der Waals surface area (Å²) in [6, 6.07) is 0. The Morgan fingerprint density at radius 1 is 1.40 bits per heavy atom. The first-order valence-electron chi connectivity index (χ1n) is 5.82. The highest BCUT2D eigenvalue weighted by molar-refractivity contribution is 5.75. The maximum atomic E-state index is 10.9. The van der Waals surface area contributed by atoms with Gasteiger partial charge in [-0.25, -0.2) is 0 Å². The van der Waals surface area contributed by atoms with E-state index in [2.05, 4.69) is 10.6 Å². The second kappa shape index (κ2) is 7.65. The minimum atomic E-state index is 0.113. The van der Waals surface area contributed by atoms with Gasteiger partial charge < -0.3 is 15.4 Å².